The van der Waals surface area contributed by atoms with Crippen LogP contribution in [0.3, 0.4) is 0 Å². The molecular weight excluding hydrogens is 292 g/mol. The molecule has 0 heterocycles. The Labute approximate surface area is 124 Å². The van der Waals surface area contributed by atoms with E-state index in [1.165, 1.54) is 12.1 Å². The number of halogens is 3. The zero-order chi connectivity index (χ0) is 13.9. The first kappa shape index (κ1) is 18.4. The maximum absolute atomic E-state index is 13.8. The Balaban J connectivity index is 0.00000324. The van der Waals surface area contributed by atoms with Crippen molar-refractivity contribution in [2.75, 3.05) is 6.61 Å². The van der Waals surface area contributed by atoms with Crippen molar-refractivity contribution in [3.8, 4) is 5.75 Å². The summed E-state index contributed by atoms with van der Waals surface area (Å²) >= 11 is 5.94. The van der Waals surface area contributed by atoms with Crippen LogP contribution in [0, 0.1) is 11.7 Å². The topological polar surface area (TPSA) is 55.5 Å². The molecule has 0 saturated carbocycles. The smallest absolute Gasteiger partial charge is 0.173 e. The second kappa shape index (κ2) is 7.90. The van der Waals surface area contributed by atoms with Crippen molar-refractivity contribution in [3.05, 3.63) is 28.5 Å². The lowest BCUT2D eigenvalue weighted by Gasteiger charge is -2.23. The summed E-state index contributed by atoms with van der Waals surface area (Å²) in [6.45, 7) is 5.77. The maximum atomic E-state index is 13.8. The highest BCUT2D eigenvalue weighted by atomic mass is 35.5. The van der Waals surface area contributed by atoms with Crippen LogP contribution >= 0.6 is 24.0 Å². The summed E-state index contributed by atoms with van der Waals surface area (Å²) in [4.78, 5) is 0. The molecule has 19 heavy (non-hydrogen) atoms. The van der Waals surface area contributed by atoms with Crippen LogP contribution in [0.15, 0.2) is 12.1 Å². The highest BCUT2D eigenvalue weighted by Gasteiger charge is 2.22. The van der Waals surface area contributed by atoms with Crippen molar-refractivity contribution in [1.29, 1.82) is 0 Å². The zero-order valence-corrected chi connectivity index (χ0v) is 12.8. The van der Waals surface area contributed by atoms with E-state index >= 15 is 0 Å². The standard InChI is InChI=1S/C13H19ClFNO2.ClH/c1-4-18-13-9(14)5-8(6-10(13)15)11(16)12(17)7(2)3;/h5-7,11-12,17H,4,16H2,1-3H3;1H/t11-,12+;/m0./s1. The van der Waals surface area contributed by atoms with E-state index in [2.05, 4.69) is 0 Å². The van der Waals surface area contributed by atoms with Gasteiger partial charge in [-0.1, -0.05) is 25.4 Å². The number of hydrogen-bond donors (Lipinski definition) is 2. The zero-order valence-electron chi connectivity index (χ0n) is 11.2. The van der Waals surface area contributed by atoms with Crippen molar-refractivity contribution in [3.63, 3.8) is 0 Å². The lowest BCUT2D eigenvalue weighted by Crippen LogP contribution is -2.30. The number of nitrogens with two attached hydrogens (primary N) is 1. The molecule has 6 heteroatoms. The fraction of sp³-hybridized carbons (Fsp3) is 0.538. The number of hydrogen-bond acceptors (Lipinski definition) is 3. The van der Waals surface area contributed by atoms with Crippen molar-refractivity contribution in [2.45, 2.75) is 32.9 Å². The van der Waals surface area contributed by atoms with Crippen molar-refractivity contribution in [2.24, 2.45) is 11.7 Å². The van der Waals surface area contributed by atoms with E-state index < -0.39 is 18.0 Å². The van der Waals surface area contributed by atoms with Crippen molar-refractivity contribution >= 4 is 24.0 Å². The highest BCUT2D eigenvalue weighted by Crippen LogP contribution is 2.32. The molecule has 1 aromatic carbocycles. The van der Waals surface area contributed by atoms with Gasteiger partial charge in [0.15, 0.2) is 11.6 Å². The number of aliphatic hydroxyl groups is 1. The fourth-order valence-corrected chi connectivity index (χ4v) is 1.94. The van der Waals surface area contributed by atoms with E-state index in [1.807, 2.05) is 13.8 Å². The first-order valence-electron chi connectivity index (χ1n) is 5.93. The summed E-state index contributed by atoms with van der Waals surface area (Å²) in [5, 5.41) is 10.0. The van der Waals surface area contributed by atoms with Crippen LogP contribution < -0.4 is 10.5 Å². The number of benzene rings is 1. The normalized spacial score (nSPS) is 13.9. The Kier molecular flexibility index (Phi) is 7.67. The van der Waals surface area contributed by atoms with Crippen LogP contribution in [0.2, 0.25) is 5.02 Å². The van der Waals surface area contributed by atoms with Crippen LogP contribution in [0.25, 0.3) is 0 Å². The molecule has 0 saturated heterocycles. The minimum atomic E-state index is -0.751. The van der Waals surface area contributed by atoms with Crippen LogP contribution in [0.5, 0.6) is 5.75 Å². The predicted octanol–water partition coefficient (Wildman–Crippen LogP) is 3.32. The molecule has 1 rings (SSSR count). The Morgan fingerprint density at radius 3 is 2.42 bits per heavy atom. The van der Waals surface area contributed by atoms with Gasteiger partial charge in [0.05, 0.1) is 23.8 Å². The molecule has 110 valence electrons. The van der Waals surface area contributed by atoms with Gasteiger partial charge in [-0.2, -0.15) is 0 Å². The molecule has 0 aliphatic carbocycles. The Hall–Kier alpha value is -0.550. The lowest BCUT2D eigenvalue weighted by atomic mass is 9.94. The molecule has 0 fully saturated rings. The second-order valence-electron chi connectivity index (χ2n) is 4.51. The monoisotopic (exact) mass is 311 g/mol. The van der Waals surface area contributed by atoms with E-state index in [9.17, 15) is 9.50 Å². The minimum Gasteiger partial charge on any atom is -0.489 e. The van der Waals surface area contributed by atoms with Gasteiger partial charge in [0.25, 0.3) is 0 Å². The summed E-state index contributed by atoms with van der Waals surface area (Å²) < 4.78 is 18.9. The van der Waals surface area contributed by atoms with Crippen LogP contribution in [0.1, 0.15) is 32.4 Å². The average molecular weight is 312 g/mol. The van der Waals surface area contributed by atoms with E-state index in [0.29, 0.717) is 12.2 Å². The van der Waals surface area contributed by atoms with Gasteiger partial charge in [0.2, 0.25) is 0 Å². The average Bonchev–Trinajstić information content (AvgIpc) is 2.31. The second-order valence-corrected chi connectivity index (χ2v) is 4.91. The molecule has 0 unspecified atom stereocenters. The summed E-state index contributed by atoms with van der Waals surface area (Å²) in [5.41, 5.74) is 6.35. The summed E-state index contributed by atoms with van der Waals surface area (Å²) in [6.07, 6.45) is -0.751. The molecule has 0 amide bonds. The van der Waals surface area contributed by atoms with E-state index in [-0.39, 0.29) is 29.1 Å². The van der Waals surface area contributed by atoms with Gasteiger partial charge < -0.3 is 15.6 Å². The number of ether oxygens (including phenoxy) is 1. The van der Waals surface area contributed by atoms with E-state index in [1.54, 1.807) is 6.92 Å². The van der Waals surface area contributed by atoms with Gasteiger partial charge in [-0.15, -0.1) is 12.4 Å². The fourth-order valence-electron chi connectivity index (χ4n) is 1.67. The molecule has 2 atom stereocenters. The molecule has 0 aliphatic heterocycles. The largest absolute Gasteiger partial charge is 0.489 e. The third-order valence-corrected chi connectivity index (χ3v) is 3.03. The Morgan fingerprint density at radius 1 is 1.42 bits per heavy atom. The molecule has 0 bridgehead atoms. The van der Waals surface area contributed by atoms with Crippen LogP contribution in [-0.4, -0.2) is 17.8 Å². The Bertz CT molecular complexity index is 393. The molecule has 0 spiro atoms. The van der Waals surface area contributed by atoms with Gasteiger partial charge in [-0.3, -0.25) is 0 Å². The van der Waals surface area contributed by atoms with Crippen molar-refractivity contribution in [1.82, 2.24) is 0 Å². The Morgan fingerprint density at radius 2 is 2.00 bits per heavy atom. The summed E-state index contributed by atoms with van der Waals surface area (Å²) in [5.74, 6) is -0.562. The number of aliphatic hydroxyl groups excluding tert-OH is 1. The molecule has 0 aliphatic rings. The summed E-state index contributed by atoms with van der Waals surface area (Å²) in [7, 11) is 0. The lowest BCUT2D eigenvalue weighted by molar-refractivity contribution is 0.0978. The minimum absolute atomic E-state index is 0. The predicted molar refractivity (Wildman–Crippen MR) is 77.6 cm³/mol. The van der Waals surface area contributed by atoms with Gasteiger partial charge >= 0.3 is 0 Å². The van der Waals surface area contributed by atoms with Gasteiger partial charge in [0, 0.05) is 0 Å². The van der Waals surface area contributed by atoms with Gasteiger partial charge in [-0.05, 0) is 30.5 Å². The van der Waals surface area contributed by atoms with Crippen LogP contribution in [0.4, 0.5) is 4.39 Å². The summed E-state index contributed by atoms with van der Waals surface area (Å²) in [6, 6.07) is 2.12. The molecule has 3 nitrogen and oxygen atoms in total. The third kappa shape index (κ3) is 4.49. The van der Waals surface area contributed by atoms with E-state index in [0.717, 1.165) is 0 Å². The highest BCUT2D eigenvalue weighted by molar-refractivity contribution is 6.32. The van der Waals surface area contributed by atoms with E-state index in [4.69, 9.17) is 22.1 Å². The van der Waals surface area contributed by atoms with Crippen molar-refractivity contribution < 1.29 is 14.2 Å². The quantitative estimate of drug-likeness (QED) is 0.877. The van der Waals surface area contributed by atoms with Gasteiger partial charge in [0.1, 0.15) is 0 Å². The third-order valence-electron chi connectivity index (χ3n) is 2.75. The SMILES string of the molecule is CCOc1c(F)cc([C@H](N)[C@H](O)C(C)C)cc1Cl.Cl. The molecule has 1 aromatic rings. The van der Waals surface area contributed by atoms with Crippen LogP contribution in [-0.2, 0) is 0 Å². The maximum Gasteiger partial charge on any atom is 0.173 e. The first-order valence-corrected chi connectivity index (χ1v) is 6.31. The molecule has 0 aromatic heterocycles. The van der Waals surface area contributed by atoms with Gasteiger partial charge in [-0.25, -0.2) is 4.39 Å². The molecule has 3 N–H and O–H groups in total. The first-order chi connectivity index (χ1) is 8.38. The number of rotatable bonds is 5. The molecular formula is C13H20Cl2FNO2. The molecule has 0 radical (unpaired) electrons.